The van der Waals surface area contributed by atoms with Gasteiger partial charge in [0.25, 0.3) is 0 Å². The Hall–Kier alpha value is -2.54. The van der Waals surface area contributed by atoms with E-state index >= 15 is 0 Å². The molecule has 0 bridgehead atoms. The number of aromatic nitrogens is 2. The molecule has 1 aromatic carbocycles. The maximum atomic E-state index is 12.0. The highest BCUT2D eigenvalue weighted by atomic mass is 35.5. The Morgan fingerprint density at radius 3 is 2.67 bits per heavy atom. The summed E-state index contributed by atoms with van der Waals surface area (Å²) in [5.41, 5.74) is 2.12. The number of fused-ring (bicyclic) bond motifs is 1. The molecule has 2 N–H and O–H groups in total. The van der Waals surface area contributed by atoms with Gasteiger partial charge in [0.05, 0.1) is 17.9 Å². The smallest absolute Gasteiger partial charge is 0.356 e. The zero-order valence-electron chi connectivity index (χ0n) is 13.1. The van der Waals surface area contributed by atoms with Gasteiger partial charge in [-0.2, -0.15) is 5.10 Å². The standard InChI is InChI=1S/C16H17ClN4O3/c1-2-18-16(24)20-8-7-13-12(9-20)14(15(22)23)19-21(13)11-5-3-10(17)4-6-11/h3-6H,2,7-9H2,1H3,(H,18,24)(H,22,23). The Morgan fingerprint density at radius 1 is 1.33 bits per heavy atom. The van der Waals surface area contributed by atoms with E-state index in [9.17, 15) is 14.7 Å². The molecule has 0 aliphatic carbocycles. The van der Waals surface area contributed by atoms with Crippen LogP contribution in [0.5, 0.6) is 0 Å². The van der Waals surface area contributed by atoms with Crippen molar-refractivity contribution < 1.29 is 14.7 Å². The second-order valence-corrected chi connectivity index (χ2v) is 5.91. The number of benzene rings is 1. The molecule has 1 aromatic heterocycles. The van der Waals surface area contributed by atoms with E-state index in [-0.39, 0.29) is 18.3 Å². The first-order chi connectivity index (χ1) is 11.5. The summed E-state index contributed by atoms with van der Waals surface area (Å²) in [4.78, 5) is 25.2. The molecule has 0 saturated carbocycles. The Kier molecular flexibility index (Phi) is 4.44. The highest BCUT2D eigenvalue weighted by Crippen LogP contribution is 2.26. The lowest BCUT2D eigenvalue weighted by molar-refractivity contribution is 0.0687. The molecule has 7 nitrogen and oxygen atoms in total. The van der Waals surface area contributed by atoms with Gasteiger partial charge in [-0.1, -0.05) is 11.6 Å². The van der Waals surface area contributed by atoms with Crippen molar-refractivity contribution in [2.24, 2.45) is 0 Å². The molecule has 3 rings (SSSR count). The van der Waals surface area contributed by atoms with Crippen LogP contribution in [0, 0.1) is 0 Å². The molecule has 1 aliphatic rings. The van der Waals surface area contributed by atoms with Crippen molar-refractivity contribution >= 4 is 23.6 Å². The van der Waals surface area contributed by atoms with Gasteiger partial charge >= 0.3 is 12.0 Å². The zero-order valence-corrected chi connectivity index (χ0v) is 13.9. The lowest BCUT2D eigenvalue weighted by atomic mass is 10.1. The Morgan fingerprint density at radius 2 is 2.04 bits per heavy atom. The third kappa shape index (κ3) is 2.94. The highest BCUT2D eigenvalue weighted by Gasteiger charge is 2.30. The van der Waals surface area contributed by atoms with Crippen molar-refractivity contribution in [3.05, 3.63) is 46.2 Å². The molecule has 0 radical (unpaired) electrons. The first-order valence-electron chi connectivity index (χ1n) is 7.64. The molecule has 0 atom stereocenters. The first-order valence-corrected chi connectivity index (χ1v) is 8.01. The third-order valence-electron chi connectivity index (χ3n) is 3.95. The Labute approximate surface area is 143 Å². The summed E-state index contributed by atoms with van der Waals surface area (Å²) >= 11 is 5.91. The second-order valence-electron chi connectivity index (χ2n) is 5.47. The number of hydrogen-bond donors (Lipinski definition) is 2. The van der Waals surface area contributed by atoms with E-state index in [4.69, 9.17) is 11.6 Å². The fourth-order valence-electron chi connectivity index (χ4n) is 2.82. The molecule has 2 aromatic rings. The average molecular weight is 349 g/mol. The number of amides is 2. The van der Waals surface area contributed by atoms with E-state index in [0.717, 1.165) is 11.4 Å². The number of nitrogens with zero attached hydrogens (tertiary/aromatic N) is 3. The summed E-state index contributed by atoms with van der Waals surface area (Å²) in [7, 11) is 0. The van der Waals surface area contributed by atoms with Gasteiger partial charge in [0, 0.05) is 30.1 Å². The molecule has 0 unspecified atom stereocenters. The summed E-state index contributed by atoms with van der Waals surface area (Å²) in [6, 6.07) is 6.85. The summed E-state index contributed by atoms with van der Waals surface area (Å²) in [5.74, 6) is -1.10. The summed E-state index contributed by atoms with van der Waals surface area (Å²) in [5, 5.41) is 17.0. The average Bonchev–Trinajstić information content (AvgIpc) is 2.95. The third-order valence-corrected chi connectivity index (χ3v) is 4.20. The predicted octanol–water partition coefficient (Wildman–Crippen LogP) is 2.31. The normalized spacial score (nSPS) is 13.5. The molecular weight excluding hydrogens is 332 g/mol. The largest absolute Gasteiger partial charge is 0.476 e. The van der Waals surface area contributed by atoms with Crippen LogP contribution in [-0.4, -0.2) is 44.9 Å². The number of nitrogens with one attached hydrogen (secondary N) is 1. The monoisotopic (exact) mass is 348 g/mol. The van der Waals surface area contributed by atoms with Crippen LogP contribution < -0.4 is 5.32 Å². The first kappa shape index (κ1) is 16.3. The zero-order chi connectivity index (χ0) is 17.3. The number of carboxylic acids is 1. The van der Waals surface area contributed by atoms with E-state index in [1.165, 1.54) is 0 Å². The minimum absolute atomic E-state index is 0.0195. The van der Waals surface area contributed by atoms with Crippen LogP contribution in [0.2, 0.25) is 5.02 Å². The number of carboxylic acid groups (broad SMARTS) is 1. The van der Waals surface area contributed by atoms with E-state index < -0.39 is 5.97 Å². The van der Waals surface area contributed by atoms with Crippen molar-refractivity contribution in [2.45, 2.75) is 19.9 Å². The van der Waals surface area contributed by atoms with Gasteiger partial charge in [-0.15, -0.1) is 0 Å². The van der Waals surface area contributed by atoms with Crippen molar-refractivity contribution in [2.75, 3.05) is 13.1 Å². The van der Waals surface area contributed by atoms with Gasteiger partial charge in [-0.25, -0.2) is 14.3 Å². The van der Waals surface area contributed by atoms with Gasteiger partial charge in [-0.3, -0.25) is 0 Å². The topological polar surface area (TPSA) is 87.5 Å². The molecule has 24 heavy (non-hydrogen) atoms. The van der Waals surface area contributed by atoms with Crippen LogP contribution in [-0.2, 0) is 13.0 Å². The van der Waals surface area contributed by atoms with Crippen molar-refractivity contribution in [3.8, 4) is 5.69 Å². The fraction of sp³-hybridized carbons (Fsp3) is 0.312. The lowest BCUT2D eigenvalue weighted by Gasteiger charge is -2.27. The van der Waals surface area contributed by atoms with Crippen LogP contribution in [0.3, 0.4) is 0 Å². The van der Waals surface area contributed by atoms with Crippen LogP contribution in [0.25, 0.3) is 5.69 Å². The van der Waals surface area contributed by atoms with Crippen molar-refractivity contribution in [1.29, 1.82) is 0 Å². The summed E-state index contributed by atoms with van der Waals surface area (Å²) in [6.07, 6.45) is 0.537. The predicted molar refractivity (Wildman–Crippen MR) is 88.7 cm³/mol. The van der Waals surface area contributed by atoms with E-state index in [1.807, 2.05) is 6.92 Å². The number of aromatic carboxylic acids is 1. The molecular formula is C16H17ClN4O3. The molecule has 0 fully saturated rings. The van der Waals surface area contributed by atoms with Crippen LogP contribution >= 0.6 is 11.6 Å². The Bertz CT molecular complexity index is 785. The number of halogens is 1. The van der Waals surface area contributed by atoms with Crippen molar-refractivity contribution in [3.63, 3.8) is 0 Å². The fourth-order valence-corrected chi connectivity index (χ4v) is 2.95. The van der Waals surface area contributed by atoms with Crippen LogP contribution in [0.4, 0.5) is 4.79 Å². The van der Waals surface area contributed by atoms with Gasteiger partial charge in [0.15, 0.2) is 5.69 Å². The van der Waals surface area contributed by atoms with E-state index in [2.05, 4.69) is 10.4 Å². The maximum Gasteiger partial charge on any atom is 0.356 e. The molecule has 2 heterocycles. The van der Waals surface area contributed by atoms with Gasteiger partial charge in [0.2, 0.25) is 0 Å². The number of urea groups is 1. The van der Waals surface area contributed by atoms with Crippen LogP contribution in [0.1, 0.15) is 28.7 Å². The Balaban J connectivity index is 2.01. The maximum absolute atomic E-state index is 12.0. The number of carbonyl (C=O) groups is 2. The molecule has 0 spiro atoms. The van der Waals surface area contributed by atoms with Gasteiger partial charge in [0.1, 0.15) is 0 Å². The van der Waals surface area contributed by atoms with Gasteiger partial charge < -0.3 is 15.3 Å². The van der Waals surface area contributed by atoms with Crippen molar-refractivity contribution in [1.82, 2.24) is 20.0 Å². The molecule has 8 heteroatoms. The highest BCUT2D eigenvalue weighted by molar-refractivity contribution is 6.30. The molecule has 2 amide bonds. The SMILES string of the molecule is CCNC(=O)N1CCc2c(c(C(=O)O)nn2-c2ccc(Cl)cc2)C1. The molecule has 1 aliphatic heterocycles. The lowest BCUT2D eigenvalue weighted by Crippen LogP contribution is -2.43. The number of carbonyl (C=O) groups excluding carboxylic acids is 1. The summed E-state index contributed by atoms with van der Waals surface area (Å²) < 4.78 is 1.63. The summed E-state index contributed by atoms with van der Waals surface area (Å²) in [6.45, 7) is 3.11. The molecule has 0 saturated heterocycles. The minimum atomic E-state index is -1.10. The van der Waals surface area contributed by atoms with E-state index in [0.29, 0.717) is 30.1 Å². The number of hydrogen-bond acceptors (Lipinski definition) is 3. The quantitative estimate of drug-likeness (QED) is 0.891. The second kappa shape index (κ2) is 6.52. The number of rotatable bonds is 3. The van der Waals surface area contributed by atoms with Crippen LogP contribution in [0.15, 0.2) is 24.3 Å². The van der Waals surface area contributed by atoms with Gasteiger partial charge in [-0.05, 0) is 31.2 Å². The van der Waals surface area contributed by atoms with E-state index in [1.54, 1.807) is 33.8 Å². The minimum Gasteiger partial charge on any atom is -0.476 e. The molecule has 126 valence electrons.